The first-order valence-corrected chi connectivity index (χ1v) is 11.0. The number of aliphatic hydroxyl groups is 1. The minimum absolute atomic E-state index is 0.0172. The summed E-state index contributed by atoms with van der Waals surface area (Å²) in [7, 11) is 0. The molecule has 0 spiro atoms. The molecule has 5 rings (SSSR count). The summed E-state index contributed by atoms with van der Waals surface area (Å²) < 4.78 is 1.26. The molecule has 11 nitrogen and oxygen atoms in total. The van der Waals surface area contributed by atoms with E-state index in [1.165, 1.54) is 23.3 Å². The standard InChI is InChI=1S/C26H18N8O3/c1-27-21-14-30-34(26-28-11-4-12-29-26)24(21)33-32-20-13-17-5-2-3-6-19(17)22(23(20)36)25(37)31-18-9-7-16(15-35)8-10-18/h2-14,35-36H,15H2,(H,31,37). The van der Waals surface area contributed by atoms with Gasteiger partial charge < -0.3 is 15.5 Å². The van der Waals surface area contributed by atoms with Gasteiger partial charge >= 0.3 is 0 Å². The van der Waals surface area contributed by atoms with Gasteiger partial charge in [0.05, 0.1) is 24.9 Å². The van der Waals surface area contributed by atoms with Crippen molar-refractivity contribution in [3.8, 4) is 11.7 Å². The van der Waals surface area contributed by atoms with Crippen LogP contribution in [0.2, 0.25) is 0 Å². The van der Waals surface area contributed by atoms with Crippen LogP contribution in [0.1, 0.15) is 15.9 Å². The number of fused-ring (bicyclic) bond motifs is 1. The van der Waals surface area contributed by atoms with E-state index in [9.17, 15) is 15.0 Å². The van der Waals surface area contributed by atoms with Gasteiger partial charge in [-0.05, 0) is 40.6 Å². The Bertz CT molecular complexity index is 1670. The number of nitrogens with one attached hydrogen (secondary N) is 1. The Morgan fingerprint density at radius 2 is 1.81 bits per heavy atom. The Morgan fingerprint density at radius 3 is 2.54 bits per heavy atom. The lowest BCUT2D eigenvalue weighted by Gasteiger charge is -2.12. The van der Waals surface area contributed by atoms with Gasteiger partial charge in [0, 0.05) is 18.1 Å². The highest BCUT2D eigenvalue weighted by atomic mass is 16.3. The van der Waals surface area contributed by atoms with Crippen molar-refractivity contribution >= 4 is 39.6 Å². The predicted molar refractivity (Wildman–Crippen MR) is 136 cm³/mol. The van der Waals surface area contributed by atoms with Crippen LogP contribution in [0.5, 0.6) is 5.75 Å². The topological polar surface area (TPSA) is 142 Å². The van der Waals surface area contributed by atoms with Crippen molar-refractivity contribution in [1.82, 2.24) is 19.7 Å². The second-order valence-electron chi connectivity index (χ2n) is 7.78. The van der Waals surface area contributed by atoms with Crippen molar-refractivity contribution in [3.05, 3.63) is 102 Å². The number of aliphatic hydroxyl groups excluding tert-OH is 1. The minimum Gasteiger partial charge on any atom is -0.505 e. The lowest BCUT2D eigenvalue weighted by Crippen LogP contribution is -2.12. The molecule has 0 unspecified atom stereocenters. The molecule has 0 fully saturated rings. The average Bonchev–Trinajstić information content (AvgIpc) is 3.35. The van der Waals surface area contributed by atoms with Gasteiger partial charge in [-0.1, -0.05) is 36.4 Å². The molecule has 3 aromatic carbocycles. The molecular formula is C26H18N8O3. The average molecular weight is 490 g/mol. The fourth-order valence-corrected chi connectivity index (χ4v) is 3.67. The van der Waals surface area contributed by atoms with Gasteiger partial charge in [-0.15, -0.1) is 10.2 Å². The molecule has 11 heteroatoms. The highest BCUT2D eigenvalue weighted by Gasteiger charge is 2.20. The molecule has 2 aromatic heterocycles. The van der Waals surface area contributed by atoms with Gasteiger partial charge in [0.1, 0.15) is 5.69 Å². The van der Waals surface area contributed by atoms with Crippen molar-refractivity contribution in [3.63, 3.8) is 0 Å². The van der Waals surface area contributed by atoms with Crippen LogP contribution in [-0.4, -0.2) is 35.9 Å². The van der Waals surface area contributed by atoms with E-state index in [-0.39, 0.29) is 41.1 Å². The zero-order valence-corrected chi connectivity index (χ0v) is 19.1. The molecule has 5 aromatic rings. The van der Waals surface area contributed by atoms with Gasteiger partial charge in [-0.3, -0.25) is 4.79 Å². The number of carbonyl (C=O) groups is 1. The van der Waals surface area contributed by atoms with E-state index in [4.69, 9.17) is 6.57 Å². The number of amides is 1. The third kappa shape index (κ3) is 4.60. The molecule has 0 radical (unpaired) electrons. The lowest BCUT2D eigenvalue weighted by atomic mass is 10.0. The first-order chi connectivity index (χ1) is 18.1. The fraction of sp³-hybridized carbons (Fsp3) is 0.0385. The summed E-state index contributed by atoms with van der Waals surface area (Å²) in [5, 5.41) is 36.8. The van der Waals surface area contributed by atoms with Gasteiger partial charge in [-0.25, -0.2) is 14.8 Å². The van der Waals surface area contributed by atoms with E-state index < -0.39 is 5.91 Å². The van der Waals surface area contributed by atoms with Crippen LogP contribution in [-0.2, 0) is 6.61 Å². The van der Waals surface area contributed by atoms with Crippen molar-refractivity contribution in [1.29, 1.82) is 0 Å². The second kappa shape index (κ2) is 10.0. The Hall–Kier alpha value is -5.47. The first kappa shape index (κ1) is 23.3. The Kier molecular flexibility index (Phi) is 6.31. The number of phenols is 1. The highest BCUT2D eigenvalue weighted by molar-refractivity contribution is 6.16. The third-order valence-electron chi connectivity index (χ3n) is 5.46. The number of azo groups is 1. The largest absolute Gasteiger partial charge is 0.505 e. The van der Waals surface area contributed by atoms with Gasteiger partial charge in [0.2, 0.25) is 0 Å². The van der Waals surface area contributed by atoms with Crippen LogP contribution in [0.4, 0.5) is 22.9 Å². The van der Waals surface area contributed by atoms with Crippen LogP contribution in [0.15, 0.2) is 89.5 Å². The molecule has 0 aliphatic heterocycles. The molecule has 3 N–H and O–H groups in total. The number of hydrogen-bond donors (Lipinski definition) is 3. The molecular weight excluding hydrogens is 472 g/mol. The van der Waals surface area contributed by atoms with Crippen molar-refractivity contribution < 1.29 is 15.0 Å². The van der Waals surface area contributed by atoms with Crippen molar-refractivity contribution in [2.45, 2.75) is 6.61 Å². The molecule has 0 aliphatic carbocycles. The summed E-state index contributed by atoms with van der Waals surface area (Å²) in [5.74, 6) is -0.657. The number of aromatic hydroxyl groups is 1. The molecule has 37 heavy (non-hydrogen) atoms. The SMILES string of the molecule is [C-]#[N+]c1cnn(-c2ncccn2)c1N=Nc1cc2ccccc2c(C(=O)Nc2ccc(CO)cc2)c1O. The minimum atomic E-state index is -0.549. The van der Waals surface area contributed by atoms with Gasteiger partial charge in [-0.2, -0.15) is 9.78 Å². The molecule has 0 atom stereocenters. The zero-order chi connectivity index (χ0) is 25.8. The number of carbonyl (C=O) groups excluding carboxylic acids is 1. The zero-order valence-electron chi connectivity index (χ0n) is 19.1. The second-order valence-corrected chi connectivity index (χ2v) is 7.78. The van der Waals surface area contributed by atoms with Crippen LogP contribution in [0, 0.1) is 6.57 Å². The monoisotopic (exact) mass is 490 g/mol. The van der Waals surface area contributed by atoms with Gasteiger partial charge in [0.15, 0.2) is 11.6 Å². The number of anilines is 1. The van der Waals surface area contributed by atoms with Crippen LogP contribution in [0.25, 0.3) is 21.6 Å². The highest BCUT2D eigenvalue weighted by Crippen LogP contribution is 2.39. The quantitative estimate of drug-likeness (QED) is 0.220. The maximum atomic E-state index is 13.3. The van der Waals surface area contributed by atoms with E-state index in [2.05, 4.69) is 35.5 Å². The van der Waals surface area contributed by atoms with Crippen LogP contribution in [0.3, 0.4) is 0 Å². The Morgan fingerprint density at radius 1 is 1.05 bits per heavy atom. The summed E-state index contributed by atoms with van der Waals surface area (Å²) in [6.45, 7) is 7.32. The van der Waals surface area contributed by atoms with Gasteiger partial charge in [0.25, 0.3) is 17.5 Å². The number of rotatable bonds is 6. The number of benzene rings is 3. The lowest BCUT2D eigenvalue weighted by molar-refractivity contribution is 0.102. The van der Waals surface area contributed by atoms with Crippen LogP contribution < -0.4 is 5.32 Å². The number of hydrogen-bond acceptors (Lipinski definition) is 8. The molecule has 0 aliphatic rings. The third-order valence-corrected chi connectivity index (χ3v) is 5.46. The van der Waals surface area contributed by atoms with E-state index in [0.29, 0.717) is 22.0 Å². The molecule has 0 saturated carbocycles. The number of phenolic OH excluding ortho intramolecular Hbond substituents is 1. The van der Waals surface area contributed by atoms with E-state index in [0.717, 1.165) is 0 Å². The maximum absolute atomic E-state index is 13.3. The molecule has 180 valence electrons. The summed E-state index contributed by atoms with van der Waals surface area (Å²) in [6.07, 6.45) is 4.37. The maximum Gasteiger partial charge on any atom is 0.260 e. The van der Waals surface area contributed by atoms with E-state index >= 15 is 0 Å². The molecule has 0 bridgehead atoms. The summed E-state index contributed by atoms with van der Waals surface area (Å²) >= 11 is 0. The fourth-order valence-electron chi connectivity index (χ4n) is 3.67. The van der Waals surface area contributed by atoms with Crippen molar-refractivity contribution in [2.75, 3.05) is 5.32 Å². The van der Waals surface area contributed by atoms with Crippen molar-refractivity contribution in [2.24, 2.45) is 10.2 Å². The number of aromatic nitrogens is 4. The Labute approximate surface area is 210 Å². The predicted octanol–water partition coefficient (Wildman–Crippen LogP) is 5.23. The van der Waals surface area contributed by atoms with E-state index in [1.807, 2.05) is 0 Å². The normalized spacial score (nSPS) is 11.0. The van der Waals surface area contributed by atoms with E-state index in [1.54, 1.807) is 60.7 Å². The number of nitrogens with zero attached hydrogens (tertiary/aromatic N) is 7. The first-order valence-electron chi connectivity index (χ1n) is 11.0. The molecule has 0 saturated heterocycles. The van der Waals surface area contributed by atoms with Crippen LogP contribution >= 0.6 is 0 Å². The summed E-state index contributed by atoms with van der Waals surface area (Å²) in [4.78, 5) is 24.9. The molecule has 2 heterocycles. The smallest absolute Gasteiger partial charge is 0.260 e. The molecule has 1 amide bonds. The summed E-state index contributed by atoms with van der Waals surface area (Å²) in [6, 6.07) is 17.0. The summed E-state index contributed by atoms with van der Waals surface area (Å²) in [5.41, 5.74) is 1.35. The Balaban J connectivity index is 1.57.